The zero-order valence-electron chi connectivity index (χ0n) is 9.55. The maximum Gasteiger partial charge on any atom is 0.122 e. The molecule has 0 spiro atoms. The molecule has 0 aromatic carbocycles. The maximum absolute atomic E-state index is 10.6. The summed E-state index contributed by atoms with van der Waals surface area (Å²) >= 11 is 0. The first kappa shape index (κ1) is 11.7. The van der Waals surface area contributed by atoms with Gasteiger partial charge in [0.25, 0.3) is 0 Å². The summed E-state index contributed by atoms with van der Waals surface area (Å²) in [5, 5.41) is 10.4. The van der Waals surface area contributed by atoms with Crippen molar-refractivity contribution in [1.82, 2.24) is 0 Å². The van der Waals surface area contributed by atoms with Crippen LogP contribution in [0.1, 0.15) is 52.9 Å². The van der Waals surface area contributed by atoms with Crippen LogP contribution in [0.4, 0.5) is 0 Å². The summed E-state index contributed by atoms with van der Waals surface area (Å²) in [5.41, 5.74) is -0.642. The van der Waals surface area contributed by atoms with Gasteiger partial charge in [-0.15, -0.1) is 0 Å². The molecule has 2 nitrogen and oxygen atoms in total. The second-order valence-corrected chi connectivity index (χ2v) is 5.64. The standard InChI is InChI=1S/C12H22O2/c1-11(2,3)10-6-4-5-7-12(10,14)8-9-13/h9-10,14H,4-8H2,1-3H3. The van der Waals surface area contributed by atoms with Crippen molar-refractivity contribution < 1.29 is 9.90 Å². The highest BCUT2D eigenvalue weighted by Crippen LogP contribution is 2.45. The van der Waals surface area contributed by atoms with E-state index >= 15 is 0 Å². The topological polar surface area (TPSA) is 37.3 Å². The van der Waals surface area contributed by atoms with Crippen molar-refractivity contribution in [2.24, 2.45) is 11.3 Å². The Morgan fingerprint density at radius 2 is 2.07 bits per heavy atom. The van der Waals surface area contributed by atoms with Gasteiger partial charge in [-0.05, 0) is 24.2 Å². The lowest BCUT2D eigenvalue weighted by Gasteiger charge is -2.46. The highest BCUT2D eigenvalue weighted by atomic mass is 16.3. The third-order valence-corrected chi connectivity index (χ3v) is 3.48. The molecule has 2 unspecified atom stereocenters. The van der Waals surface area contributed by atoms with E-state index in [-0.39, 0.29) is 11.3 Å². The van der Waals surface area contributed by atoms with Crippen LogP contribution in [0.5, 0.6) is 0 Å². The lowest BCUT2D eigenvalue weighted by Crippen LogP contribution is -2.47. The fraction of sp³-hybridized carbons (Fsp3) is 0.917. The van der Waals surface area contributed by atoms with Crippen molar-refractivity contribution in [1.29, 1.82) is 0 Å². The van der Waals surface area contributed by atoms with Crippen LogP contribution >= 0.6 is 0 Å². The van der Waals surface area contributed by atoms with Crippen LogP contribution in [0.2, 0.25) is 0 Å². The van der Waals surface area contributed by atoms with E-state index in [1.54, 1.807) is 0 Å². The quantitative estimate of drug-likeness (QED) is 0.692. The van der Waals surface area contributed by atoms with Crippen LogP contribution in [0, 0.1) is 11.3 Å². The Kier molecular flexibility index (Phi) is 3.36. The molecule has 1 aliphatic rings. The van der Waals surface area contributed by atoms with Gasteiger partial charge in [-0.2, -0.15) is 0 Å². The van der Waals surface area contributed by atoms with Gasteiger partial charge in [0.1, 0.15) is 6.29 Å². The summed E-state index contributed by atoms with van der Waals surface area (Å²) in [6.45, 7) is 6.45. The first-order chi connectivity index (χ1) is 6.40. The third kappa shape index (κ3) is 2.35. The van der Waals surface area contributed by atoms with Gasteiger partial charge in [0.15, 0.2) is 0 Å². The first-order valence-corrected chi connectivity index (χ1v) is 5.56. The number of aliphatic hydroxyl groups is 1. The highest BCUT2D eigenvalue weighted by Gasteiger charge is 2.44. The molecule has 82 valence electrons. The second-order valence-electron chi connectivity index (χ2n) is 5.64. The van der Waals surface area contributed by atoms with Crippen LogP contribution in [0.15, 0.2) is 0 Å². The van der Waals surface area contributed by atoms with E-state index in [1.807, 2.05) is 0 Å². The molecule has 0 saturated heterocycles. The molecule has 0 aromatic heterocycles. The predicted octanol–water partition coefficient (Wildman–Crippen LogP) is 2.54. The molecule has 1 saturated carbocycles. The van der Waals surface area contributed by atoms with Crippen molar-refractivity contribution in [2.45, 2.75) is 58.5 Å². The molecule has 1 rings (SSSR count). The molecule has 2 heteroatoms. The lowest BCUT2D eigenvalue weighted by molar-refractivity contribution is -0.124. The van der Waals surface area contributed by atoms with Gasteiger partial charge in [-0.25, -0.2) is 0 Å². The van der Waals surface area contributed by atoms with Gasteiger partial charge in [0.05, 0.1) is 5.60 Å². The molecule has 0 bridgehead atoms. The highest BCUT2D eigenvalue weighted by molar-refractivity contribution is 5.51. The zero-order valence-corrected chi connectivity index (χ0v) is 9.55. The predicted molar refractivity (Wildman–Crippen MR) is 57.0 cm³/mol. The SMILES string of the molecule is CC(C)(C)C1CCCCC1(O)CC=O. The molecule has 1 N–H and O–H groups in total. The number of hydrogen-bond donors (Lipinski definition) is 1. The van der Waals surface area contributed by atoms with Gasteiger partial charge >= 0.3 is 0 Å². The molecule has 1 aliphatic carbocycles. The Bertz CT molecular complexity index is 205. The Morgan fingerprint density at radius 3 is 2.57 bits per heavy atom. The average Bonchev–Trinajstić information content (AvgIpc) is 2.02. The Labute approximate surface area is 86.7 Å². The summed E-state index contributed by atoms with van der Waals surface area (Å²) < 4.78 is 0. The Hall–Kier alpha value is -0.370. The van der Waals surface area contributed by atoms with Crippen LogP contribution < -0.4 is 0 Å². The molecule has 0 amide bonds. The monoisotopic (exact) mass is 198 g/mol. The fourth-order valence-corrected chi connectivity index (χ4v) is 2.85. The number of carbonyl (C=O) groups excluding carboxylic acids is 1. The number of rotatable bonds is 2. The van der Waals surface area contributed by atoms with E-state index in [4.69, 9.17) is 0 Å². The van der Waals surface area contributed by atoms with Gasteiger partial charge in [-0.3, -0.25) is 0 Å². The molecule has 0 aliphatic heterocycles. The Morgan fingerprint density at radius 1 is 1.43 bits per heavy atom. The molecule has 2 atom stereocenters. The van der Waals surface area contributed by atoms with Crippen LogP contribution in [0.3, 0.4) is 0 Å². The summed E-state index contributed by atoms with van der Waals surface area (Å²) in [7, 11) is 0. The normalized spacial score (nSPS) is 34.1. The Balaban J connectivity index is 2.83. The van der Waals surface area contributed by atoms with Crippen LogP contribution in [0.25, 0.3) is 0 Å². The maximum atomic E-state index is 10.6. The molecule has 1 fully saturated rings. The van der Waals surface area contributed by atoms with Crippen LogP contribution in [-0.2, 0) is 4.79 Å². The molecule has 0 aromatic rings. The third-order valence-electron chi connectivity index (χ3n) is 3.48. The van der Waals surface area contributed by atoms with E-state index in [0.717, 1.165) is 25.5 Å². The number of carbonyl (C=O) groups is 1. The summed E-state index contributed by atoms with van der Waals surface area (Å²) in [4.78, 5) is 10.6. The van der Waals surface area contributed by atoms with Crippen LogP contribution in [-0.4, -0.2) is 17.0 Å². The average molecular weight is 198 g/mol. The van der Waals surface area contributed by atoms with E-state index in [0.29, 0.717) is 6.42 Å². The van der Waals surface area contributed by atoms with Crippen molar-refractivity contribution in [2.75, 3.05) is 0 Å². The zero-order chi connectivity index (χ0) is 10.8. The molecular formula is C12H22O2. The van der Waals surface area contributed by atoms with Crippen molar-refractivity contribution >= 4 is 6.29 Å². The van der Waals surface area contributed by atoms with E-state index in [1.165, 1.54) is 6.42 Å². The van der Waals surface area contributed by atoms with E-state index in [9.17, 15) is 9.90 Å². The van der Waals surface area contributed by atoms with Crippen molar-refractivity contribution in [3.05, 3.63) is 0 Å². The van der Waals surface area contributed by atoms with E-state index < -0.39 is 5.60 Å². The van der Waals surface area contributed by atoms with Crippen molar-refractivity contribution in [3.63, 3.8) is 0 Å². The lowest BCUT2D eigenvalue weighted by atomic mass is 9.63. The van der Waals surface area contributed by atoms with Crippen molar-refractivity contribution in [3.8, 4) is 0 Å². The minimum atomic E-state index is -0.738. The molecule has 0 heterocycles. The first-order valence-electron chi connectivity index (χ1n) is 5.56. The molecular weight excluding hydrogens is 176 g/mol. The minimum absolute atomic E-state index is 0.0954. The smallest absolute Gasteiger partial charge is 0.122 e. The fourth-order valence-electron chi connectivity index (χ4n) is 2.85. The second kappa shape index (κ2) is 4.01. The van der Waals surface area contributed by atoms with Gasteiger partial charge in [-0.1, -0.05) is 33.6 Å². The van der Waals surface area contributed by atoms with Gasteiger partial charge in [0.2, 0.25) is 0 Å². The molecule has 14 heavy (non-hydrogen) atoms. The van der Waals surface area contributed by atoms with E-state index in [2.05, 4.69) is 20.8 Å². The summed E-state index contributed by atoms with van der Waals surface area (Å²) in [5.74, 6) is 0.258. The largest absolute Gasteiger partial charge is 0.389 e. The number of aldehydes is 1. The molecule has 0 radical (unpaired) electrons. The van der Waals surface area contributed by atoms with Gasteiger partial charge in [0, 0.05) is 6.42 Å². The number of hydrogen-bond acceptors (Lipinski definition) is 2. The summed E-state index contributed by atoms with van der Waals surface area (Å²) in [6, 6.07) is 0. The minimum Gasteiger partial charge on any atom is -0.389 e. The summed E-state index contributed by atoms with van der Waals surface area (Å²) in [6.07, 6.45) is 5.24. The van der Waals surface area contributed by atoms with Gasteiger partial charge < -0.3 is 9.90 Å².